The van der Waals surface area contributed by atoms with Gasteiger partial charge in [-0.3, -0.25) is 19.2 Å². The first-order valence-corrected chi connectivity index (χ1v) is 7.19. The normalized spacial score (nSPS) is 23.7. The van der Waals surface area contributed by atoms with Crippen molar-refractivity contribution in [3.05, 3.63) is 33.1 Å². The topological polar surface area (TPSA) is 140 Å². The van der Waals surface area contributed by atoms with E-state index in [-0.39, 0.29) is 13.0 Å². The Bertz CT molecular complexity index is 548. The minimum atomic E-state index is -4.47. The summed E-state index contributed by atoms with van der Waals surface area (Å²) in [6.07, 6.45) is -0.448. The van der Waals surface area contributed by atoms with Gasteiger partial charge in [-0.15, -0.1) is 0 Å². The second-order valence-electron chi connectivity index (χ2n) is 4.10. The third kappa shape index (κ3) is 3.93. The van der Waals surface area contributed by atoms with E-state index >= 15 is 0 Å². The molecule has 1 saturated heterocycles. The van der Waals surface area contributed by atoms with Gasteiger partial charge in [-0.25, -0.2) is 4.79 Å². The lowest BCUT2D eigenvalue weighted by Crippen LogP contribution is -2.31. The molecule has 0 unspecified atom stereocenters. The molecule has 0 aliphatic carbocycles. The molecule has 2 atom stereocenters. The lowest BCUT2D eigenvalue weighted by Gasteiger charge is -2.28. The van der Waals surface area contributed by atoms with Crippen LogP contribution in [0, 0.1) is 0 Å². The summed E-state index contributed by atoms with van der Waals surface area (Å²) in [7, 11) is -4.47. The minimum Gasteiger partial charge on any atom is -0.658 e. The molecule has 1 aromatic heterocycles. The van der Waals surface area contributed by atoms with Crippen molar-refractivity contribution in [2.24, 2.45) is 0 Å². The highest BCUT2D eigenvalue weighted by Crippen LogP contribution is 2.35. The molecule has 0 aromatic carbocycles. The number of ether oxygens (including phenoxy) is 2. The first-order valence-electron chi connectivity index (χ1n) is 5.43. The Hall–Kier alpha value is -1.09. The average Bonchev–Trinajstić information content (AvgIpc) is 2.74. The lowest BCUT2D eigenvalue weighted by molar-refractivity contribution is -0.337. The van der Waals surface area contributed by atoms with Gasteiger partial charge < -0.3 is 19.3 Å². The van der Waals surface area contributed by atoms with Gasteiger partial charge in [-0.2, -0.15) is 0 Å². The zero-order valence-electron chi connectivity index (χ0n) is 9.72. The van der Waals surface area contributed by atoms with E-state index in [2.05, 4.69) is 4.98 Å². The highest BCUT2D eigenvalue weighted by atomic mass is 31.2. The smallest absolute Gasteiger partial charge is 0.330 e. The second-order valence-corrected chi connectivity index (χ2v) is 5.63. The maximum Gasteiger partial charge on any atom is 0.330 e. The Morgan fingerprint density at radius 2 is 2.32 bits per heavy atom. The van der Waals surface area contributed by atoms with Crippen molar-refractivity contribution in [1.82, 2.24) is 9.55 Å². The molecule has 0 radical (unpaired) electrons. The van der Waals surface area contributed by atoms with Crippen molar-refractivity contribution < 1.29 is 24.2 Å². The van der Waals surface area contributed by atoms with Crippen LogP contribution in [0.25, 0.3) is 0 Å². The highest BCUT2D eigenvalue weighted by molar-refractivity contribution is 7.55. The number of aromatic nitrogens is 2. The molecule has 0 amide bonds. The molecule has 2 heterocycles. The predicted octanol–water partition coefficient (Wildman–Crippen LogP) is -2.73. The van der Waals surface area contributed by atoms with Crippen molar-refractivity contribution >= 4 is 7.94 Å². The zero-order chi connectivity index (χ0) is 14.0. The van der Waals surface area contributed by atoms with Crippen molar-refractivity contribution in [2.75, 3.05) is 13.0 Å². The molecule has 10 heteroatoms. The van der Waals surface area contributed by atoms with Gasteiger partial charge in [0.2, 0.25) is 0 Å². The average molecular weight is 291 g/mol. The van der Waals surface area contributed by atoms with Gasteiger partial charge in [-0.1, -0.05) is 0 Å². The van der Waals surface area contributed by atoms with Gasteiger partial charge >= 0.3 is 5.69 Å². The van der Waals surface area contributed by atoms with Crippen molar-refractivity contribution in [2.45, 2.75) is 18.8 Å². The summed E-state index contributed by atoms with van der Waals surface area (Å²) in [4.78, 5) is 54.2. The quantitative estimate of drug-likeness (QED) is 0.574. The van der Waals surface area contributed by atoms with Gasteiger partial charge in [0.1, 0.15) is 6.23 Å². The molecule has 2 rings (SSSR count). The fourth-order valence-electron chi connectivity index (χ4n) is 1.74. The van der Waals surface area contributed by atoms with E-state index in [1.807, 2.05) is 0 Å². The zero-order valence-corrected chi connectivity index (χ0v) is 10.6. The monoisotopic (exact) mass is 291 g/mol. The number of nitrogens with zero attached hydrogens (tertiary/aromatic N) is 1. The number of H-pyrrole nitrogens is 1. The molecular weight excluding hydrogens is 279 g/mol. The van der Waals surface area contributed by atoms with E-state index in [0.717, 1.165) is 0 Å². The summed E-state index contributed by atoms with van der Waals surface area (Å²) in [5.74, 6) is 0. The fraction of sp³-hybridized carbons (Fsp3) is 0.556. The number of nitrogens with one attached hydrogen (secondary N) is 1. The fourth-order valence-corrected chi connectivity index (χ4v) is 2.14. The lowest BCUT2D eigenvalue weighted by atomic mass is 10.3. The van der Waals surface area contributed by atoms with Gasteiger partial charge in [-0.05, 0) is 0 Å². The van der Waals surface area contributed by atoms with Crippen molar-refractivity contribution in [1.29, 1.82) is 0 Å². The van der Waals surface area contributed by atoms with Crippen LogP contribution >= 0.6 is 7.94 Å². The maximum atomic E-state index is 11.5. The van der Waals surface area contributed by atoms with Crippen LogP contribution in [0.3, 0.4) is 0 Å². The van der Waals surface area contributed by atoms with E-state index in [1.165, 1.54) is 16.8 Å². The van der Waals surface area contributed by atoms with E-state index in [0.29, 0.717) is 0 Å². The molecule has 2 N–H and O–H groups in total. The van der Waals surface area contributed by atoms with E-state index in [9.17, 15) is 19.4 Å². The Morgan fingerprint density at radius 1 is 1.58 bits per heavy atom. The number of aromatic amines is 1. The van der Waals surface area contributed by atoms with Crippen LogP contribution in [-0.2, 0) is 9.47 Å². The SMILES string of the molecule is O=c1ccn([C@H]2C[C@@H](OC[P+]([O-])([O-])O)CO2)c(=O)[nH]1. The third-order valence-electron chi connectivity index (χ3n) is 2.57. The predicted molar refractivity (Wildman–Crippen MR) is 59.8 cm³/mol. The van der Waals surface area contributed by atoms with Crippen LogP contribution < -0.4 is 21.0 Å². The van der Waals surface area contributed by atoms with Gasteiger partial charge in [0.15, 0.2) is 6.35 Å². The van der Waals surface area contributed by atoms with E-state index in [4.69, 9.17) is 14.4 Å². The Morgan fingerprint density at radius 3 is 2.95 bits per heavy atom. The van der Waals surface area contributed by atoms with Gasteiger partial charge in [0, 0.05) is 18.7 Å². The first-order chi connectivity index (χ1) is 8.85. The number of hydrogen-bond acceptors (Lipinski definition) is 7. The number of hydrogen-bond donors (Lipinski definition) is 2. The summed E-state index contributed by atoms with van der Waals surface area (Å²) >= 11 is 0. The summed E-state index contributed by atoms with van der Waals surface area (Å²) in [5, 5.41) is 0. The maximum absolute atomic E-state index is 11.5. The van der Waals surface area contributed by atoms with Crippen LogP contribution in [0.5, 0.6) is 0 Å². The van der Waals surface area contributed by atoms with Crippen molar-refractivity contribution in [3.63, 3.8) is 0 Å². The van der Waals surface area contributed by atoms with Gasteiger partial charge in [0.25, 0.3) is 5.56 Å². The minimum absolute atomic E-state index is 0.0935. The number of rotatable bonds is 4. The van der Waals surface area contributed by atoms with Crippen LogP contribution in [-0.4, -0.2) is 33.5 Å². The van der Waals surface area contributed by atoms with Crippen LogP contribution in [0.15, 0.2) is 21.9 Å². The molecule has 0 saturated carbocycles. The Balaban J connectivity index is 1.98. The van der Waals surface area contributed by atoms with Crippen LogP contribution in [0.2, 0.25) is 0 Å². The molecule has 1 aliphatic heterocycles. The highest BCUT2D eigenvalue weighted by Gasteiger charge is 2.29. The third-order valence-corrected chi connectivity index (χ3v) is 3.05. The molecule has 106 valence electrons. The second kappa shape index (κ2) is 5.49. The molecule has 0 bridgehead atoms. The van der Waals surface area contributed by atoms with Crippen molar-refractivity contribution in [3.8, 4) is 0 Å². The van der Waals surface area contributed by atoms with Crippen LogP contribution in [0.4, 0.5) is 0 Å². The van der Waals surface area contributed by atoms with E-state index in [1.54, 1.807) is 0 Å². The molecule has 1 fully saturated rings. The van der Waals surface area contributed by atoms with Gasteiger partial charge in [0.05, 0.1) is 20.7 Å². The first kappa shape index (κ1) is 14.3. The molecular formula is C9H12N2O7P-. The van der Waals surface area contributed by atoms with Crippen LogP contribution in [0.1, 0.15) is 12.6 Å². The summed E-state index contributed by atoms with van der Waals surface area (Å²) in [6, 6.07) is 1.18. The summed E-state index contributed by atoms with van der Waals surface area (Å²) in [6.45, 7) is 0.0935. The molecule has 19 heavy (non-hydrogen) atoms. The summed E-state index contributed by atoms with van der Waals surface area (Å²) in [5.41, 5.74) is -1.13. The Labute approximate surface area is 107 Å². The van der Waals surface area contributed by atoms with E-state index < -0.39 is 37.9 Å². The molecule has 9 nitrogen and oxygen atoms in total. The Kier molecular flexibility index (Phi) is 4.14. The summed E-state index contributed by atoms with van der Waals surface area (Å²) < 4.78 is 11.4. The largest absolute Gasteiger partial charge is 0.658 e. The molecule has 1 aromatic rings. The molecule has 1 aliphatic rings. The standard InChI is InChI=1S/C9H13N2O7P/c12-7-1-2-11(9(13)10-7)8-3-6(4-17-8)18-5-19(14,15)16/h1-2,6,8H,3-5H2,(H,10,12,13)(H2,14,15,16)/p-1/t6-,8-/m1/s1. The molecule has 0 spiro atoms.